The van der Waals surface area contributed by atoms with Crippen molar-refractivity contribution in [2.45, 2.75) is 68.8 Å². The number of guanidine groups is 1. The monoisotopic (exact) mass is 554 g/mol. The molecule has 9 heteroatoms. The zero-order valence-corrected chi connectivity index (χ0v) is 22.0. The molecule has 1 aromatic carbocycles. The first-order valence-corrected chi connectivity index (χ1v) is 12.6. The lowest BCUT2D eigenvalue weighted by atomic mass is 10.2. The van der Waals surface area contributed by atoms with Crippen LogP contribution < -0.4 is 10.6 Å². The summed E-state index contributed by atoms with van der Waals surface area (Å²) >= 11 is 1.94. The summed E-state index contributed by atoms with van der Waals surface area (Å²) in [5.74, 6) is 0.825. The van der Waals surface area contributed by atoms with Crippen LogP contribution in [0, 0.1) is 0 Å². The highest BCUT2D eigenvalue weighted by Crippen LogP contribution is 2.28. The molecule has 2 rings (SSSR count). The Morgan fingerprint density at radius 1 is 1.28 bits per heavy atom. The number of hydrogen-bond donors (Lipinski definition) is 2. The number of thioether (sulfide) groups is 1. The smallest absolute Gasteiger partial charge is 0.243 e. The van der Waals surface area contributed by atoms with Crippen molar-refractivity contribution in [3.63, 3.8) is 0 Å². The molecule has 1 aliphatic rings. The predicted octanol–water partition coefficient (Wildman–Crippen LogP) is 3.67. The van der Waals surface area contributed by atoms with E-state index in [0.717, 1.165) is 23.3 Å². The molecule has 1 aromatic rings. The summed E-state index contributed by atoms with van der Waals surface area (Å²) in [6, 6.07) is 7.40. The topological polar surface area (TPSA) is 73.8 Å². The molecule has 1 saturated carbocycles. The standard InChI is InChI=1S/C20H34N4O2S2.HI/c1-6-21-20(23-17-9-10-18(13-17)27-5)22-14-16-7-11-19(12-8-16)28(25,26)24(4)15(2)3;/h7-8,11-12,15,17-18H,6,9-10,13-14H2,1-5H3,(H2,21,22,23);1H. The number of benzene rings is 1. The van der Waals surface area contributed by atoms with Crippen LogP contribution >= 0.6 is 35.7 Å². The van der Waals surface area contributed by atoms with Crippen molar-refractivity contribution < 1.29 is 8.42 Å². The van der Waals surface area contributed by atoms with Crippen molar-refractivity contribution in [1.29, 1.82) is 0 Å². The maximum Gasteiger partial charge on any atom is 0.243 e. The lowest BCUT2D eigenvalue weighted by molar-refractivity contribution is 0.410. The third-order valence-electron chi connectivity index (χ3n) is 5.15. The highest BCUT2D eigenvalue weighted by Gasteiger charge is 2.25. The van der Waals surface area contributed by atoms with E-state index in [0.29, 0.717) is 17.5 Å². The number of rotatable bonds is 8. The first kappa shape index (κ1) is 26.5. The Labute approximate surface area is 197 Å². The molecular formula is C20H35IN4O2S2. The van der Waals surface area contributed by atoms with Gasteiger partial charge in [0.25, 0.3) is 0 Å². The van der Waals surface area contributed by atoms with E-state index in [2.05, 4.69) is 28.8 Å². The second kappa shape index (κ2) is 12.4. The van der Waals surface area contributed by atoms with Crippen LogP contribution in [0.15, 0.2) is 34.2 Å². The van der Waals surface area contributed by atoms with Crippen LogP contribution in [0.5, 0.6) is 0 Å². The van der Waals surface area contributed by atoms with E-state index in [1.807, 2.05) is 37.7 Å². The van der Waals surface area contributed by atoms with Crippen molar-refractivity contribution in [3.05, 3.63) is 29.8 Å². The first-order valence-electron chi connectivity index (χ1n) is 9.92. The second-order valence-electron chi connectivity index (χ2n) is 7.47. The largest absolute Gasteiger partial charge is 0.357 e. The third-order valence-corrected chi connectivity index (χ3v) is 8.29. The van der Waals surface area contributed by atoms with Crippen LogP contribution in [-0.2, 0) is 16.6 Å². The molecule has 0 amide bonds. The average Bonchev–Trinajstić information content (AvgIpc) is 3.13. The Kier molecular flexibility index (Phi) is 11.3. The molecule has 6 nitrogen and oxygen atoms in total. The van der Waals surface area contributed by atoms with Crippen LogP contribution in [0.3, 0.4) is 0 Å². The van der Waals surface area contributed by atoms with Crippen molar-refractivity contribution >= 4 is 51.7 Å². The number of halogens is 1. The van der Waals surface area contributed by atoms with E-state index in [1.54, 1.807) is 19.2 Å². The molecule has 0 aliphatic heterocycles. The molecule has 1 fully saturated rings. The number of sulfonamides is 1. The van der Waals surface area contributed by atoms with Gasteiger partial charge in [-0.15, -0.1) is 24.0 Å². The third kappa shape index (κ3) is 7.59. The molecule has 0 radical (unpaired) electrons. The molecule has 29 heavy (non-hydrogen) atoms. The molecule has 2 unspecified atom stereocenters. The molecule has 166 valence electrons. The number of nitrogens with one attached hydrogen (secondary N) is 2. The van der Waals surface area contributed by atoms with Gasteiger partial charge in [0.1, 0.15) is 0 Å². The van der Waals surface area contributed by atoms with Gasteiger partial charge in [-0.3, -0.25) is 0 Å². The summed E-state index contributed by atoms with van der Waals surface area (Å²) in [7, 11) is -1.84. The highest BCUT2D eigenvalue weighted by molar-refractivity contribution is 14.0. The summed E-state index contributed by atoms with van der Waals surface area (Å²) in [6.07, 6.45) is 5.77. The Morgan fingerprint density at radius 2 is 1.93 bits per heavy atom. The van der Waals surface area contributed by atoms with Gasteiger partial charge >= 0.3 is 0 Å². The number of hydrogen-bond acceptors (Lipinski definition) is 4. The Morgan fingerprint density at radius 3 is 2.45 bits per heavy atom. The van der Waals surface area contributed by atoms with Gasteiger partial charge in [0.05, 0.1) is 11.4 Å². The molecule has 2 atom stereocenters. The fourth-order valence-electron chi connectivity index (χ4n) is 3.18. The summed E-state index contributed by atoms with van der Waals surface area (Å²) in [6.45, 7) is 7.10. The first-order chi connectivity index (χ1) is 13.3. The van der Waals surface area contributed by atoms with Gasteiger partial charge in [0.15, 0.2) is 5.96 Å². The molecule has 0 aromatic heterocycles. The van der Waals surface area contributed by atoms with Crippen LogP contribution in [0.2, 0.25) is 0 Å². The SMILES string of the molecule is CCNC(=NCc1ccc(S(=O)(=O)N(C)C(C)C)cc1)NC1CCC(SC)C1.I. The fraction of sp³-hybridized carbons (Fsp3) is 0.650. The summed E-state index contributed by atoms with van der Waals surface area (Å²) < 4.78 is 26.5. The van der Waals surface area contributed by atoms with Gasteiger partial charge in [0.2, 0.25) is 10.0 Å². The van der Waals surface area contributed by atoms with E-state index < -0.39 is 10.0 Å². The zero-order valence-electron chi connectivity index (χ0n) is 18.0. The minimum Gasteiger partial charge on any atom is -0.357 e. The maximum absolute atomic E-state index is 12.6. The van der Waals surface area contributed by atoms with Gasteiger partial charge < -0.3 is 10.6 Å². The summed E-state index contributed by atoms with van der Waals surface area (Å²) in [5.41, 5.74) is 0.983. The second-order valence-corrected chi connectivity index (χ2v) is 10.6. The molecule has 1 aliphatic carbocycles. The summed E-state index contributed by atoms with van der Waals surface area (Å²) in [5, 5.41) is 7.58. The van der Waals surface area contributed by atoms with E-state index >= 15 is 0 Å². The van der Waals surface area contributed by atoms with Crippen molar-refractivity contribution in [2.75, 3.05) is 19.8 Å². The van der Waals surface area contributed by atoms with Gasteiger partial charge in [-0.25, -0.2) is 13.4 Å². The molecule has 0 spiro atoms. The maximum atomic E-state index is 12.6. The van der Waals surface area contributed by atoms with Crippen LogP contribution in [-0.4, -0.2) is 55.9 Å². The Balaban J connectivity index is 0.00000420. The minimum absolute atomic E-state index is 0. The molecular weight excluding hydrogens is 519 g/mol. The van der Waals surface area contributed by atoms with Crippen LogP contribution in [0.4, 0.5) is 0 Å². The number of nitrogens with zero attached hydrogens (tertiary/aromatic N) is 2. The van der Waals surface area contributed by atoms with Gasteiger partial charge in [-0.1, -0.05) is 12.1 Å². The van der Waals surface area contributed by atoms with Crippen molar-refractivity contribution in [1.82, 2.24) is 14.9 Å². The van der Waals surface area contributed by atoms with E-state index in [9.17, 15) is 8.42 Å². The molecule has 0 saturated heterocycles. The highest BCUT2D eigenvalue weighted by atomic mass is 127. The van der Waals surface area contributed by atoms with E-state index in [1.165, 1.54) is 23.6 Å². The summed E-state index contributed by atoms with van der Waals surface area (Å²) in [4.78, 5) is 5.00. The lowest BCUT2D eigenvalue weighted by Gasteiger charge is -2.21. The Bertz CT molecular complexity index is 754. The van der Waals surface area contributed by atoms with Crippen LogP contribution in [0.1, 0.15) is 45.6 Å². The van der Waals surface area contributed by atoms with Gasteiger partial charge in [-0.2, -0.15) is 16.1 Å². The Hall–Kier alpha value is -0.520. The minimum atomic E-state index is -3.45. The van der Waals surface area contributed by atoms with Gasteiger partial charge in [0, 0.05) is 30.9 Å². The van der Waals surface area contributed by atoms with E-state index in [-0.39, 0.29) is 30.0 Å². The zero-order chi connectivity index (χ0) is 20.7. The molecule has 2 N–H and O–H groups in total. The van der Waals surface area contributed by atoms with Crippen LogP contribution in [0.25, 0.3) is 0 Å². The van der Waals surface area contributed by atoms with E-state index in [4.69, 9.17) is 0 Å². The average molecular weight is 555 g/mol. The van der Waals surface area contributed by atoms with Crippen molar-refractivity contribution in [2.24, 2.45) is 4.99 Å². The lowest BCUT2D eigenvalue weighted by Crippen LogP contribution is -2.42. The van der Waals surface area contributed by atoms with Crippen molar-refractivity contribution in [3.8, 4) is 0 Å². The predicted molar refractivity (Wildman–Crippen MR) is 135 cm³/mol. The molecule has 0 bridgehead atoms. The quantitative estimate of drug-likeness (QED) is 0.292. The number of aliphatic imine (C=N–C) groups is 1. The normalized spacial score (nSPS) is 20.0. The fourth-order valence-corrected chi connectivity index (χ4v) is 5.34. The molecule has 0 heterocycles. The van der Waals surface area contributed by atoms with Gasteiger partial charge in [-0.05, 0) is 64.0 Å².